The molecule has 2 heterocycles. The van der Waals surface area contributed by atoms with Gasteiger partial charge >= 0.3 is 5.97 Å². The number of nitrogens with zero attached hydrogens (tertiary/aromatic N) is 3. The summed E-state index contributed by atoms with van der Waals surface area (Å²) < 4.78 is 2.11. The molecule has 0 unspecified atom stereocenters. The van der Waals surface area contributed by atoms with Crippen molar-refractivity contribution >= 4 is 51.9 Å². The van der Waals surface area contributed by atoms with E-state index < -0.39 is 10.9 Å². The number of benzene rings is 1. The van der Waals surface area contributed by atoms with Gasteiger partial charge in [-0.05, 0) is 30.3 Å². The zero-order chi connectivity index (χ0) is 19.6. The van der Waals surface area contributed by atoms with Crippen LogP contribution in [0.15, 0.2) is 47.5 Å². The molecular formula is C17H13N3O5S2. The zero-order valence-electron chi connectivity index (χ0n) is 13.8. The van der Waals surface area contributed by atoms with Gasteiger partial charge in [-0.15, -0.1) is 0 Å². The van der Waals surface area contributed by atoms with Crippen molar-refractivity contribution < 1.29 is 19.6 Å². The number of non-ortho nitro benzene ring substituents is 1. The van der Waals surface area contributed by atoms with Gasteiger partial charge < -0.3 is 9.67 Å². The number of rotatable bonds is 6. The molecule has 0 saturated carbocycles. The lowest BCUT2D eigenvalue weighted by atomic mass is 10.2. The summed E-state index contributed by atoms with van der Waals surface area (Å²) in [6, 6.07) is 9.64. The molecule has 8 nitrogen and oxygen atoms in total. The van der Waals surface area contributed by atoms with Crippen molar-refractivity contribution in [2.45, 2.75) is 6.42 Å². The van der Waals surface area contributed by atoms with E-state index in [9.17, 15) is 19.7 Å². The van der Waals surface area contributed by atoms with E-state index in [0.29, 0.717) is 20.6 Å². The Morgan fingerprint density at radius 1 is 1.30 bits per heavy atom. The smallest absolute Gasteiger partial charge is 0.305 e. The number of carboxylic acids is 1. The Morgan fingerprint density at radius 3 is 2.63 bits per heavy atom. The third-order valence-corrected chi connectivity index (χ3v) is 5.20. The Morgan fingerprint density at radius 2 is 2.00 bits per heavy atom. The molecule has 0 spiro atoms. The highest BCUT2D eigenvalue weighted by Crippen LogP contribution is 2.33. The summed E-state index contributed by atoms with van der Waals surface area (Å²) in [5.41, 5.74) is 1.40. The normalized spacial score (nSPS) is 15.6. The van der Waals surface area contributed by atoms with Gasteiger partial charge in [0.1, 0.15) is 4.32 Å². The van der Waals surface area contributed by atoms with Crippen molar-refractivity contribution in [3.05, 3.63) is 63.3 Å². The second kappa shape index (κ2) is 7.72. The maximum Gasteiger partial charge on any atom is 0.305 e. The second-order valence-electron chi connectivity index (χ2n) is 5.55. The topological polar surface area (TPSA) is 106 Å². The summed E-state index contributed by atoms with van der Waals surface area (Å²) in [4.78, 5) is 35.2. The summed E-state index contributed by atoms with van der Waals surface area (Å²) in [6.45, 7) is 0.0285. The largest absolute Gasteiger partial charge is 0.481 e. The van der Waals surface area contributed by atoms with Gasteiger partial charge in [0, 0.05) is 36.3 Å². The van der Waals surface area contributed by atoms with Gasteiger partial charge in [0.2, 0.25) is 0 Å². The summed E-state index contributed by atoms with van der Waals surface area (Å²) in [6.07, 6.45) is 3.26. The lowest BCUT2D eigenvalue weighted by Gasteiger charge is -2.12. The van der Waals surface area contributed by atoms with E-state index in [-0.39, 0.29) is 24.6 Å². The molecule has 2 aromatic rings. The maximum absolute atomic E-state index is 12.5. The molecule has 3 rings (SSSR count). The summed E-state index contributed by atoms with van der Waals surface area (Å²) in [7, 11) is 0. The number of hydrogen-bond acceptors (Lipinski definition) is 6. The van der Waals surface area contributed by atoms with Crippen LogP contribution in [0.1, 0.15) is 12.1 Å². The molecule has 1 amide bonds. The fraction of sp³-hybridized carbons (Fsp3) is 0.118. The molecule has 0 aliphatic carbocycles. The minimum absolute atomic E-state index is 0.00763. The van der Waals surface area contributed by atoms with Gasteiger partial charge in [-0.25, -0.2) is 0 Å². The SMILES string of the molecule is O=C(O)CCN1C(=O)/C(=C\c2cccn2-c2ccc([N+](=O)[O-])cc2)SC1=S. The summed E-state index contributed by atoms with van der Waals surface area (Å²) in [5.74, 6) is -1.33. The minimum Gasteiger partial charge on any atom is -0.481 e. The Hall–Kier alpha value is -2.98. The number of carbonyl (C=O) groups is 2. The second-order valence-corrected chi connectivity index (χ2v) is 7.23. The van der Waals surface area contributed by atoms with E-state index in [1.54, 1.807) is 41.1 Å². The third kappa shape index (κ3) is 4.07. The van der Waals surface area contributed by atoms with Gasteiger partial charge in [-0.1, -0.05) is 24.0 Å². The first kappa shape index (κ1) is 18.8. The number of aliphatic carboxylic acids is 1. The Bertz CT molecular complexity index is 965. The highest BCUT2D eigenvalue weighted by atomic mass is 32.2. The van der Waals surface area contributed by atoms with Gasteiger partial charge in [0.05, 0.1) is 16.2 Å². The molecular weight excluding hydrogens is 390 g/mol. The monoisotopic (exact) mass is 403 g/mol. The summed E-state index contributed by atoms with van der Waals surface area (Å²) in [5, 5.41) is 19.6. The molecule has 0 bridgehead atoms. The van der Waals surface area contributed by atoms with Gasteiger partial charge in [-0.3, -0.25) is 24.6 Å². The highest BCUT2D eigenvalue weighted by Gasteiger charge is 2.32. The lowest BCUT2D eigenvalue weighted by Crippen LogP contribution is -2.30. The number of nitro groups is 1. The number of thioether (sulfide) groups is 1. The minimum atomic E-state index is -1.000. The number of nitro benzene ring substituents is 1. The van der Waals surface area contributed by atoms with Crippen LogP contribution in [0, 0.1) is 10.1 Å². The number of thiocarbonyl (C=S) groups is 1. The Balaban J connectivity index is 1.85. The standard InChI is InChI=1S/C17H13N3O5S2/c21-15(22)7-9-19-16(23)14(27-17(19)26)10-13-2-1-8-18(13)11-3-5-12(6-4-11)20(24)25/h1-6,8,10H,7,9H2,(H,21,22)/b14-10+. The van der Waals surface area contributed by atoms with Crippen LogP contribution < -0.4 is 0 Å². The lowest BCUT2D eigenvalue weighted by molar-refractivity contribution is -0.384. The average molecular weight is 403 g/mol. The molecule has 1 aliphatic rings. The van der Waals surface area contributed by atoms with Gasteiger partial charge in [-0.2, -0.15) is 0 Å². The molecule has 1 fully saturated rings. The predicted molar refractivity (Wildman–Crippen MR) is 105 cm³/mol. The zero-order valence-corrected chi connectivity index (χ0v) is 15.4. The molecule has 0 radical (unpaired) electrons. The molecule has 10 heteroatoms. The van der Waals surface area contributed by atoms with E-state index in [1.807, 2.05) is 0 Å². The van der Waals surface area contributed by atoms with Crippen molar-refractivity contribution in [1.82, 2.24) is 9.47 Å². The number of aromatic nitrogens is 1. The van der Waals surface area contributed by atoms with Crippen LogP contribution in [-0.4, -0.2) is 42.2 Å². The maximum atomic E-state index is 12.5. The average Bonchev–Trinajstić information content (AvgIpc) is 3.18. The van der Waals surface area contributed by atoms with Crippen molar-refractivity contribution in [2.75, 3.05) is 6.54 Å². The van der Waals surface area contributed by atoms with Crippen LogP contribution in [0.5, 0.6) is 0 Å². The molecule has 1 aromatic carbocycles. The van der Waals surface area contributed by atoms with E-state index in [4.69, 9.17) is 17.3 Å². The number of carboxylic acid groups (broad SMARTS) is 1. The predicted octanol–water partition coefficient (Wildman–Crippen LogP) is 3.06. The van der Waals surface area contributed by atoms with Crippen molar-refractivity contribution in [1.29, 1.82) is 0 Å². The molecule has 138 valence electrons. The Kier molecular flexibility index (Phi) is 5.38. The van der Waals surface area contributed by atoms with Crippen LogP contribution >= 0.6 is 24.0 Å². The van der Waals surface area contributed by atoms with Crippen molar-refractivity contribution in [3.8, 4) is 5.69 Å². The van der Waals surface area contributed by atoms with Gasteiger partial charge in [0.15, 0.2) is 0 Å². The summed E-state index contributed by atoms with van der Waals surface area (Å²) >= 11 is 6.29. The molecule has 0 atom stereocenters. The van der Waals surface area contributed by atoms with E-state index in [2.05, 4.69) is 0 Å². The number of amides is 1. The van der Waals surface area contributed by atoms with Gasteiger partial charge in [0.25, 0.3) is 11.6 Å². The van der Waals surface area contributed by atoms with Crippen LogP contribution in [0.2, 0.25) is 0 Å². The van der Waals surface area contributed by atoms with Crippen LogP contribution in [0.4, 0.5) is 5.69 Å². The molecule has 1 saturated heterocycles. The molecule has 1 N–H and O–H groups in total. The van der Waals surface area contributed by atoms with Crippen LogP contribution in [-0.2, 0) is 9.59 Å². The molecule has 1 aromatic heterocycles. The first-order valence-electron chi connectivity index (χ1n) is 7.76. The molecule has 1 aliphatic heterocycles. The van der Waals surface area contributed by atoms with Crippen molar-refractivity contribution in [2.24, 2.45) is 0 Å². The molecule has 27 heavy (non-hydrogen) atoms. The fourth-order valence-electron chi connectivity index (χ4n) is 2.52. The first-order chi connectivity index (χ1) is 12.9. The van der Waals surface area contributed by atoms with Crippen molar-refractivity contribution in [3.63, 3.8) is 0 Å². The first-order valence-corrected chi connectivity index (χ1v) is 8.98. The quantitative estimate of drug-likeness (QED) is 0.342. The number of carbonyl (C=O) groups excluding carboxylic acids is 1. The number of hydrogen-bond donors (Lipinski definition) is 1. The van der Waals surface area contributed by atoms with E-state index in [1.165, 1.54) is 17.0 Å². The highest BCUT2D eigenvalue weighted by molar-refractivity contribution is 8.26. The fourth-order valence-corrected chi connectivity index (χ4v) is 3.81. The van der Waals surface area contributed by atoms with E-state index >= 15 is 0 Å². The van der Waals surface area contributed by atoms with E-state index in [0.717, 1.165) is 11.8 Å². The van der Waals surface area contributed by atoms with Crippen LogP contribution in [0.3, 0.4) is 0 Å². The third-order valence-electron chi connectivity index (χ3n) is 3.82. The Labute approximate surface area is 163 Å². The van der Waals surface area contributed by atoms with Crippen LogP contribution in [0.25, 0.3) is 11.8 Å².